The van der Waals surface area contributed by atoms with Gasteiger partial charge in [-0.05, 0) is 63.1 Å². The van der Waals surface area contributed by atoms with E-state index in [1.54, 1.807) is 0 Å². The Morgan fingerprint density at radius 3 is 3.05 bits per heavy atom. The molecule has 1 aromatic rings. The van der Waals surface area contributed by atoms with Crippen LogP contribution in [0.2, 0.25) is 0 Å². The number of nitrogens with two attached hydrogens (primary N) is 1. The van der Waals surface area contributed by atoms with Crippen molar-refractivity contribution >= 4 is 0 Å². The lowest BCUT2D eigenvalue weighted by Crippen LogP contribution is -2.36. The lowest BCUT2D eigenvalue weighted by molar-refractivity contribution is 0.101. The molecule has 0 spiro atoms. The summed E-state index contributed by atoms with van der Waals surface area (Å²) in [7, 11) is 0. The minimum atomic E-state index is 0.316. The van der Waals surface area contributed by atoms with Crippen LogP contribution < -0.4 is 16.0 Å². The highest BCUT2D eigenvalue weighted by atomic mass is 16.5. The Labute approximate surface area is 128 Å². The SMILES string of the molecule is Cc1cccc(OCCC(CCCC2CCCO2)NN)c1. The smallest absolute Gasteiger partial charge is 0.119 e. The maximum atomic E-state index is 5.78. The summed E-state index contributed by atoms with van der Waals surface area (Å²) in [6, 6.07) is 8.46. The molecular weight excluding hydrogens is 264 g/mol. The molecule has 2 atom stereocenters. The average molecular weight is 292 g/mol. The van der Waals surface area contributed by atoms with E-state index in [9.17, 15) is 0 Å². The van der Waals surface area contributed by atoms with Gasteiger partial charge in [-0.3, -0.25) is 11.3 Å². The molecule has 4 nitrogen and oxygen atoms in total. The molecule has 4 heteroatoms. The highest BCUT2D eigenvalue weighted by Gasteiger charge is 2.16. The number of rotatable bonds is 9. The van der Waals surface area contributed by atoms with Crippen molar-refractivity contribution in [3.8, 4) is 5.75 Å². The summed E-state index contributed by atoms with van der Waals surface area (Å²) < 4.78 is 11.4. The molecule has 1 heterocycles. The maximum Gasteiger partial charge on any atom is 0.119 e. The maximum absolute atomic E-state index is 5.78. The van der Waals surface area contributed by atoms with E-state index in [1.165, 1.54) is 18.4 Å². The molecule has 21 heavy (non-hydrogen) atoms. The van der Waals surface area contributed by atoms with Crippen molar-refractivity contribution < 1.29 is 9.47 Å². The molecular formula is C17H28N2O2. The Morgan fingerprint density at radius 2 is 2.33 bits per heavy atom. The zero-order valence-electron chi connectivity index (χ0n) is 13.0. The van der Waals surface area contributed by atoms with Crippen LogP contribution in [0.3, 0.4) is 0 Å². The first-order valence-corrected chi connectivity index (χ1v) is 8.05. The van der Waals surface area contributed by atoms with E-state index in [1.807, 2.05) is 12.1 Å². The zero-order chi connectivity index (χ0) is 14.9. The number of benzene rings is 1. The van der Waals surface area contributed by atoms with Crippen molar-refractivity contribution in [1.82, 2.24) is 5.43 Å². The molecule has 1 aliphatic rings. The quantitative estimate of drug-likeness (QED) is 0.543. The van der Waals surface area contributed by atoms with Crippen molar-refractivity contribution in [2.45, 2.75) is 57.6 Å². The van der Waals surface area contributed by atoms with Gasteiger partial charge in [0, 0.05) is 12.6 Å². The van der Waals surface area contributed by atoms with Gasteiger partial charge in [0.2, 0.25) is 0 Å². The van der Waals surface area contributed by atoms with Crippen molar-refractivity contribution in [3.63, 3.8) is 0 Å². The van der Waals surface area contributed by atoms with Crippen molar-refractivity contribution in [3.05, 3.63) is 29.8 Å². The van der Waals surface area contributed by atoms with E-state index in [4.69, 9.17) is 15.3 Å². The molecule has 2 rings (SSSR count). The van der Waals surface area contributed by atoms with E-state index >= 15 is 0 Å². The average Bonchev–Trinajstić information content (AvgIpc) is 2.99. The lowest BCUT2D eigenvalue weighted by atomic mass is 10.0. The predicted octanol–water partition coefficient (Wildman–Crippen LogP) is 2.95. The topological polar surface area (TPSA) is 56.5 Å². The van der Waals surface area contributed by atoms with Gasteiger partial charge in [-0.2, -0.15) is 0 Å². The van der Waals surface area contributed by atoms with Crippen LogP contribution in [0.1, 0.15) is 44.1 Å². The fraction of sp³-hybridized carbons (Fsp3) is 0.647. The third kappa shape index (κ3) is 6.04. The van der Waals surface area contributed by atoms with E-state index in [0.717, 1.165) is 38.0 Å². The molecule has 1 fully saturated rings. The molecule has 1 aliphatic heterocycles. The van der Waals surface area contributed by atoms with Crippen LogP contribution in [0.25, 0.3) is 0 Å². The molecule has 0 amide bonds. The van der Waals surface area contributed by atoms with Crippen LogP contribution in [0.15, 0.2) is 24.3 Å². The first-order chi connectivity index (χ1) is 10.3. The number of nitrogens with one attached hydrogen (secondary N) is 1. The number of hydrogen-bond donors (Lipinski definition) is 2. The molecule has 2 unspecified atom stereocenters. The molecule has 0 aromatic heterocycles. The summed E-state index contributed by atoms with van der Waals surface area (Å²) >= 11 is 0. The summed E-state index contributed by atoms with van der Waals surface area (Å²) in [5.41, 5.74) is 4.12. The summed E-state index contributed by atoms with van der Waals surface area (Å²) in [4.78, 5) is 0. The fourth-order valence-electron chi connectivity index (χ4n) is 2.80. The van der Waals surface area contributed by atoms with E-state index in [2.05, 4.69) is 24.5 Å². The van der Waals surface area contributed by atoms with Gasteiger partial charge < -0.3 is 9.47 Å². The lowest BCUT2D eigenvalue weighted by Gasteiger charge is -2.17. The van der Waals surface area contributed by atoms with Crippen LogP contribution >= 0.6 is 0 Å². The molecule has 3 N–H and O–H groups in total. The second-order valence-corrected chi connectivity index (χ2v) is 5.88. The number of hydrazine groups is 1. The highest BCUT2D eigenvalue weighted by molar-refractivity contribution is 5.27. The summed E-state index contributed by atoms with van der Waals surface area (Å²) in [5, 5.41) is 0. The van der Waals surface area contributed by atoms with Crippen LogP contribution in [-0.4, -0.2) is 25.4 Å². The second-order valence-electron chi connectivity index (χ2n) is 5.88. The fourth-order valence-corrected chi connectivity index (χ4v) is 2.80. The van der Waals surface area contributed by atoms with Gasteiger partial charge in [0.1, 0.15) is 5.75 Å². The van der Waals surface area contributed by atoms with Gasteiger partial charge >= 0.3 is 0 Å². The van der Waals surface area contributed by atoms with E-state index in [0.29, 0.717) is 18.8 Å². The first-order valence-electron chi connectivity index (χ1n) is 8.05. The molecule has 1 aromatic carbocycles. The minimum Gasteiger partial charge on any atom is -0.494 e. The Morgan fingerprint density at radius 1 is 1.43 bits per heavy atom. The summed E-state index contributed by atoms with van der Waals surface area (Å²) in [5.74, 6) is 6.57. The third-order valence-electron chi connectivity index (χ3n) is 4.06. The van der Waals surface area contributed by atoms with E-state index < -0.39 is 0 Å². The molecule has 1 saturated heterocycles. The Bertz CT molecular complexity index is 406. The van der Waals surface area contributed by atoms with Crippen molar-refractivity contribution in [2.24, 2.45) is 5.84 Å². The number of hydrogen-bond acceptors (Lipinski definition) is 4. The Balaban J connectivity index is 1.60. The molecule has 0 saturated carbocycles. The minimum absolute atomic E-state index is 0.316. The predicted molar refractivity (Wildman–Crippen MR) is 85.2 cm³/mol. The van der Waals surface area contributed by atoms with Crippen LogP contribution in [0.5, 0.6) is 5.75 Å². The Hall–Kier alpha value is -1.10. The normalized spacial score (nSPS) is 19.6. The van der Waals surface area contributed by atoms with Crippen LogP contribution in [0.4, 0.5) is 0 Å². The van der Waals surface area contributed by atoms with Gasteiger partial charge in [-0.1, -0.05) is 12.1 Å². The van der Waals surface area contributed by atoms with Gasteiger partial charge in [-0.15, -0.1) is 0 Å². The highest BCUT2D eigenvalue weighted by Crippen LogP contribution is 2.19. The van der Waals surface area contributed by atoms with Gasteiger partial charge in [-0.25, -0.2) is 0 Å². The molecule has 118 valence electrons. The standard InChI is InChI=1S/C17H28N2O2/c1-14-5-2-8-17(13-14)21-12-10-15(19-18)6-3-7-16-9-4-11-20-16/h2,5,8,13,15-16,19H,3-4,6-7,9-12,18H2,1H3. The monoisotopic (exact) mass is 292 g/mol. The largest absolute Gasteiger partial charge is 0.494 e. The number of aryl methyl sites for hydroxylation is 1. The van der Waals surface area contributed by atoms with E-state index in [-0.39, 0.29) is 0 Å². The molecule has 0 aliphatic carbocycles. The van der Waals surface area contributed by atoms with Gasteiger partial charge in [0.15, 0.2) is 0 Å². The summed E-state index contributed by atoms with van der Waals surface area (Å²) in [6.45, 7) is 3.70. The second kappa shape index (κ2) is 9.03. The molecule has 0 radical (unpaired) electrons. The Kier molecular flexibility index (Phi) is 7.00. The molecule has 0 bridgehead atoms. The first kappa shape index (κ1) is 16.3. The van der Waals surface area contributed by atoms with Gasteiger partial charge in [0.05, 0.1) is 12.7 Å². The third-order valence-corrected chi connectivity index (χ3v) is 4.06. The van der Waals surface area contributed by atoms with Crippen LogP contribution in [0, 0.1) is 6.92 Å². The van der Waals surface area contributed by atoms with Crippen molar-refractivity contribution in [1.29, 1.82) is 0 Å². The van der Waals surface area contributed by atoms with Gasteiger partial charge in [0.25, 0.3) is 0 Å². The van der Waals surface area contributed by atoms with Crippen LogP contribution in [-0.2, 0) is 4.74 Å². The zero-order valence-corrected chi connectivity index (χ0v) is 13.0. The summed E-state index contributed by atoms with van der Waals surface area (Å²) in [6.07, 6.45) is 7.22. The van der Waals surface area contributed by atoms with Crippen molar-refractivity contribution in [2.75, 3.05) is 13.2 Å². The number of ether oxygens (including phenoxy) is 2.